The van der Waals surface area contributed by atoms with Crippen molar-refractivity contribution >= 4 is 23.6 Å². The molecule has 0 spiro atoms. The molecule has 0 saturated carbocycles. The van der Waals surface area contributed by atoms with Crippen molar-refractivity contribution in [2.45, 2.75) is 25.8 Å². The third-order valence-corrected chi connectivity index (χ3v) is 3.70. The number of carbonyl (C=O) groups is 2. The van der Waals surface area contributed by atoms with E-state index in [4.69, 9.17) is 16.7 Å². The number of carbonyl (C=O) groups excluding carboxylic acids is 1. The number of rotatable bonds is 6. The first-order valence-corrected chi connectivity index (χ1v) is 7.16. The highest BCUT2D eigenvalue weighted by atomic mass is 35.5. The fraction of sp³-hybridized carbons (Fsp3) is 0.467. The van der Waals surface area contributed by atoms with E-state index in [2.05, 4.69) is 0 Å². The van der Waals surface area contributed by atoms with Crippen molar-refractivity contribution in [3.63, 3.8) is 0 Å². The van der Waals surface area contributed by atoms with Crippen molar-refractivity contribution in [3.8, 4) is 0 Å². The van der Waals surface area contributed by atoms with E-state index in [-0.39, 0.29) is 18.5 Å². The zero-order valence-electron chi connectivity index (χ0n) is 12.5. The molecule has 6 heteroatoms. The average molecular weight is 313 g/mol. The standard InChI is InChI=1S/C15H21ClN2O3/c1-11(12-6-8-13(16)9-7-12)18(3)15(21)17(2)10-4-5-14(19)20/h6-9,11H,4-5,10H2,1-3H3,(H,19,20). The molecule has 0 bridgehead atoms. The summed E-state index contributed by atoms with van der Waals surface area (Å²) in [5.41, 5.74) is 0.995. The third-order valence-electron chi connectivity index (χ3n) is 3.45. The van der Waals surface area contributed by atoms with Crippen LogP contribution in [0.15, 0.2) is 24.3 Å². The minimum absolute atomic E-state index is 0.0636. The molecule has 0 saturated heterocycles. The number of hydrogen-bond acceptors (Lipinski definition) is 2. The highest BCUT2D eigenvalue weighted by Gasteiger charge is 2.20. The fourth-order valence-electron chi connectivity index (χ4n) is 1.96. The van der Waals surface area contributed by atoms with Gasteiger partial charge in [-0.15, -0.1) is 0 Å². The predicted molar refractivity (Wildman–Crippen MR) is 82.5 cm³/mol. The first kappa shape index (κ1) is 17.3. The molecule has 1 N–H and O–H groups in total. The number of carboxylic acid groups (broad SMARTS) is 1. The summed E-state index contributed by atoms with van der Waals surface area (Å²) >= 11 is 5.85. The van der Waals surface area contributed by atoms with E-state index in [9.17, 15) is 9.59 Å². The van der Waals surface area contributed by atoms with Gasteiger partial charge in [-0.05, 0) is 31.0 Å². The molecule has 1 aromatic carbocycles. The van der Waals surface area contributed by atoms with Crippen LogP contribution < -0.4 is 0 Å². The lowest BCUT2D eigenvalue weighted by Gasteiger charge is -2.30. The Morgan fingerprint density at radius 2 is 1.81 bits per heavy atom. The molecular formula is C15H21ClN2O3. The minimum atomic E-state index is -0.848. The van der Waals surface area contributed by atoms with Crippen molar-refractivity contribution in [3.05, 3.63) is 34.9 Å². The molecule has 2 amide bonds. The van der Waals surface area contributed by atoms with Gasteiger partial charge >= 0.3 is 12.0 Å². The number of hydrogen-bond donors (Lipinski definition) is 1. The molecule has 0 radical (unpaired) electrons. The number of amides is 2. The van der Waals surface area contributed by atoms with Crippen molar-refractivity contribution in [2.75, 3.05) is 20.6 Å². The van der Waals surface area contributed by atoms with Crippen molar-refractivity contribution in [1.29, 1.82) is 0 Å². The first-order valence-electron chi connectivity index (χ1n) is 6.78. The Morgan fingerprint density at radius 1 is 1.24 bits per heavy atom. The molecule has 21 heavy (non-hydrogen) atoms. The Morgan fingerprint density at radius 3 is 2.33 bits per heavy atom. The maximum Gasteiger partial charge on any atom is 0.319 e. The molecule has 1 aromatic rings. The van der Waals surface area contributed by atoms with Crippen molar-refractivity contribution < 1.29 is 14.7 Å². The Bertz CT molecular complexity index is 490. The van der Waals surface area contributed by atoms with Crippen LogP contribution in [-0.2, 0) is 4.79 Å². The van der Waals surface area contributed by atoms with Crippen LogP contribution in [0.4, 0.5) is 4.79 Å². The van der Waals surface area contributed by atoms with E-state index >= 15 is 0 Å². The van der Waals surface area contributed by atoms with Gasteiger partial charge in [-0.1, -0.05) is 23.7 Å². The van der Waals surface area contributed by atoms with Gasteiger partial charge in [0.25, 0.3) is 0 Å². The smallest absolute Gasteiger partial charge is 0.319 e. The average Bonchev–Trinajstić information content (AvgIpc) is 2.45. The lowest BCUT2D eigenvalue weighted by Crippen LogP contribution is -2.40. The van der Waals surface area contributed by atoms with Crippen LogP contribution in [0.1, 0.15) is 31.4 Å². The first-order chi connectivity index (χ1) is 9.82. The maximum absolute atomic E-state index is 12.3. The predicted octanol–water partition coefficient (Wildman–Crippen LogP) is 3.25. The van der Waals surface area contributed by atoms with E-state index in [1.807, 2.05) is 19.1 Å². The van der Waals surface area contributed by atoms with Crippen molar-refractivity contribution in [1.82, 2.24) is 9.80 Å². The molecule has 1 unspecified atom stereocenters. The number of aliphatic carboxylic acids is 1. The summed E-state index contributed by atoms with van der Waals surface area (Å²) in [5, 5.41) is 9.27. The van der Waals surface area contributed by atoms with Gasteiger partial charge in [0.2, 0.25) is 0 Å². The summed E-state index contributed by atoms with van der Waals surface area (Å²) in [4.78, 5) is 25.9. The van der Waals surface area contributed by atoms with Gasteiger partial charge in [-0.3, -0.25) is 4.79 Å². The summed E-state index contributed by atoms with van der Waals surface area (Å²) in [6.07, 6.45) is 0.509. The number of halogens is 1. The van der Waals surface area contributed by atoms with Gasteiger partial charge in [-0.25, -0.2) is 4.79 Å². The van der Waals surface area contributed by atoms with Crippen molar-refractivity contribution in [2.24, 2.45) is 0 Å². The topological polar surface area (TPSA) is 60.9 Å². The lowest BCUT2D eigenvalue weighted by atomic mass is 10.1. The largest absolute Gasteiger partial charge is 0.481 e. The van der Waals surface area contributed by atoms with Crippen LogP contribution in [0, 0.1) is 0 Å². The molecule has 0 aliphatic heterocycles. The van der Waals surface area contributed by atoms with Crippen LogP contribution in [0.25, 0.3) is 0 Å². The van der Waals surface area contributed by atoms with Gasteiger partial charge in [0, 0.05) is 32.1 Å². The molecule has 0 aliphatic carbocycles. The number of benzene rings is 1. The Kier molecular flexibility index (Phi) is 6.49. The SMILES string of the molecule is CC(c1ccc(Cl)cc1)N(C)C(=O)N(C)CCCC(=O)O. The molecule has 5 nitrogen and oxygen atoms in total. The quantitative estimate of drug-likeness (QED) is 0.877. The molecule has 1 atom stereocenters. The van der Waals surface area contributed by atoms with Crippen LogP contribution in [0.2, 0.25) is 5.02 Å². The monoisotopic (exact) mass is 312 g/mol. The van der Waals surface area contributed by atoms with E-state index in [0.29, 0.717) is 18.0 Å². The second-order valence-corrected chi connectivity index (χ2v) is 5.48. The van der Waals surface area contributed by atoms with E-state index in [1.54, 1.807) is 31.1 Å². The molecule has 0 fully saturated rings. The Balaban J connectivity index is 2.59. The van der Waals surface area contributed by atoms with Crippen LogP contribution in [0.5, 0.6) is 0 Å². The molecule has 0 heterocycles. The van der Waals surface area contributed by atoms with Gasteiger partial charge in [0.05, 0.1) is 6.04 Å². The number of nitrogens with zero attached hydrogens (tertiary/aromatic N) is 2. The second kappa shape index (κ2) is 7.88. The summed E-state index contributed by atoms with van der Waals surface area (Å²) < 4.78 is 0. The highest BCUT2D eigenvalue weighted by Crippen LogP contribution is 2.21. The molecule has 116 valence electrons. The Labute approximate surface area is 130 Å². The summed E-state index contributed by atoms with van der Waals surface area (Å²) in [7, 11) is 3.41. The van der Waals surface area contributed by atoms with Gasteiger partial charge in [0.15, 0.2) is 0 Å². The van der Waals surface area contributed by atoms with Crippen LogP contribution >= 0.6 is 11.6 Å². The molecule has 0 aromatic heterocycles. The normalized spacial score (nSPS) is 11.8. The van der Waals surface area contributed by atoms with E-state index in [0.717, 1.165) is 5.56 Å². The molecular weight excluding hydrogens is 292 g/mol. The van der Waals surface area contributed by atoms with Gasteiger partial charge < -0.3 is 14.9 Å². The zero-order chi connectivity index (χ0) is 16.0. The summed E-state index contributed by atoms with van der Waals surface area (Å²) in [6.45, 7) is 2.36. The minimum Gasteiger partial charge on any atom is -0.481 e. The summed E-state index contributed by atoms with van der Waals surface area (Å²) in [5.74, 6) is -0.848. The van der Waals surface area contributed by atoms with E-state index in [1.165, 1.54) is 4.90 Å². The fourth-order valence-corrected chi connectivity index (χ4v) is 2.09. The van der Waals surface area contributed by atoms with Gasteiger partial charge in [0.1, 0.15) is 0 Å². The second-order valence-electron chi connectivity index (χ2n) is 5.04. The third kappa shape index (κ3) is 5.27. The lowest BCUT2D eigenvalue weighted by molar-refractivity contribution is -0.137. The maximum atomic E-state index is 12.3. The van der Waals surface area contributed by atoms with Crippen LogP contribution in [-0.4, -0.2) is 47.5 Å². The molecule has 0 aliphatic rings. The highest BCUT2D eigenvalue weighted by molar-refractivity contribution is 6.30. The Hall–Kier alpha value is -1.75. The molecule has 1 rings (SSSR count). The number of carboxylic acids is 1. The van der Waals surface area contributed by atoms with E-state index < -0.39 is 5.97 Å². The summed E-state index contributed by atoms with van der Waals surface area (Å²) in [6, 6.07) is 7.15. The zero-order valence-corrected chi connectivity index (χ0v) is 13.3. The van der Waals surface area contributed by atoms with Crippen LogP contribution in [0.3, 0.4) is 0 Å². The van der Waals surface area contributed by atoms with Gasteiger partial charge in [-0.2, -0.15) is 0 Å². The number of urea groups is 1.